The van der Waals surface area contributed by atoms with Crippen molar-refractivity contribution < 1.29 is 9.50 Å². The zero-order chi connectivity index (χ0) is 12.3. The summed E-state index contributed by atoms with van der Waals surface area (Å²) in [6.07, 6.45) is 0. The number of phenols is 1. The van der Waals surface area contributed by atoms with Gasteiger partial charge in [0.2, 0.25) is 0 Å². The fraction of sp³-hybridized carbons (Fsp3) is 0.0769. The average molecular weight is 252 g/mol. The zero-order valence-electron chi connectivity index (χ0n) is 8.95. The van der Waals surface area contributed by atoms with Gasteiger partial charge < -0.3 is 10.4 Å². The lowest BCUT2D eigenvalue weighted by Crippen LogP contribution is -1.99. The highest BCUT2D eigenvalue weighted by Crippen LogP contribution is 2.18. The maximum atomic E-state index is 12.9. The van der Waals surface area contributed by atoms with Crippen LogP contribution in [-0.2, 0) is 6.54 Å². The Bertz CT molecular complexity index is 513. The van der Waals surface area contributed by atoms with E-state index in [4.69, 9.17) is 16.7 Å². The third-order valence-corrected chi connectivity index (χ3v) is 2.64. The summed E-state index contributed by atoms with van der Waals surface area (Å²) < 4.78 is 12.9. The zero-order valence-corrected chi connectivity index (χ0v) is 9.71. The van der Waals surface area contributed by atoms with E-state index < -0.39 is 5.82 Å². The second kappa shape index (κ2) is 5.06. The average Bonchev–Trinajstić information content (AvgIpc) is 2.33. The predicted octanol–water partition coefficient (Wildman–Crippen LogP) is 3.80. The molecule has 2 rings (SSSR count). The van der Waals surface area contributed by atoms with Gasteiger partial charge in [0.15, 0.2) is 0 Å². The van der Waals surface area contributed by atoms with Crippen molar-refractivity contribution in [2.75, 3.05) is 5.32 Å². The maximum Gasteiger partial charge on any atom is 0.141 e. The van der Waals surface area contributed by atoms with Crippen LogP contribution in [0.3, 0.4) is 0 Å². The smallest absolute Gasteiger partial charge is 0.141 e. The van der Waals surface area contributed by atoms with Crippen molar-refractivity contribution >= 4 is 17.3 Å². The van der Waals surface area contributed by atoms with Gasteiger partial charge in [0.1, 0.15) is 11.6 Å². The standard InChI is InChI=1S/C13H11ClFNO/c14-12-7-9(1-6-13(12)15)8-16-10-2-4-11(17)5-3-10/h1-7,16-17H,8H2. The van der Waals surface area contributed by atoms with E-state index in [1.165, 1.54) is 6.07 Å². The molecule has 0 amide bonds. The highest BCUT2D eigenvalue weighted by molar-refractivity contribution is 6.30. The third-order valence-electron chi connectivity index (χ3n) is 2.35. The van der Waals surface area contributed by atoms with Crippen molar-refractivity contribution in [3.05, 3.63) is 58.9 Å². The Kier molecular flexibility index (Phi) is 3.49. The normalized spacial score (nSPS) is 10.2. The molecular weight excluding hydrogens is 241 g/mol. The van der Waals surface area contributed by atoms with Gasteiger partial charge in [-0.15, -0.1) is 0 Å². The minimum atomic E-state index is -0.417. The summed E-state index contributed by atoms with van der Waals surface area (Å²) in [5.74, 6) is -0.194. The maximum absolute atomic E-state index is 12.9. The lowest BCUT2D eigenvalue weighted by Gasteiger charge is -2.07. The van der Waals surface area contributed by atoms with Crippen molar-refractivity contribution in [3.63, 3.8) is 0 Å². The highest BCUT2D eigenvalue weighted by Gasteiger charge is 2.00. The molecule has 0 aliphatic rings. The molecule has 0 unspecified atom stereocenters. The molecule has 0 heterocycles. The van der Waals surface area contributed by atoms with Crippen LogP contribution < -0.4 is 5.32 Å². The van der Waals surface area contributed by atoms with Crippen molar-refractivity contribution in [1.29, 1.82) is 0 Å². The van der Waals surface area contributed by atoms with E-state index in [-0.39, 0.29) is 10.8 Å². The van der Waals surface area contributed by atoms with Gasteiger partial charge in [-0.25, -0.2) is 4.39 Å². The van der Waals surface area contributed by atoms with Crippen molar-refractivity contribution in [1.82, 2.24) is 0 Å². The van der Waals surface area contributed by atoms with Gasteiger partial charge in [-0.1, -0.05) is 17.7 Å². The number of anilines is 1. The van der Waals surface area contributed by atoms with Crippen LogP contribution in [0, 0.1) is 5.82 Å². The van der Waals surface area contributed by atoms with E-state index in [2.05, 4.69) is 5.32 Å². The summed E-state index contributed by atoms with van der Waals surface area (Å²) >= 11 is 5.68. The molecule has 0 saturated heterocycles. The number of phenolic OH excluding ortho intramolecular Hbond substituents is 1. The van der Waals surface area contributed by atoms with Crippen LogP contribution in [0.5, 0.6) is 5.75 Å². The first-order valence-corrected chi connectivity index (χ1v) is 5.50. The lowest BCUT2D eigenvalue weighted by molar-refractivity contribution is 0.475. The Balaban J connectivity index is 2.02. The fourth-order valence-electron chi connectivity index (χ4n) is 1.43. The predicted molar refractivity (Wildman–Crippen MR) is 66.8 cm³/mol. The van der Waals surface area contributed by atoms with Gasteiger partial charge >= 0.3 is 0 Å². The van der Waals surface area contributed by atoms with E-state index in [1.807, 2.05) is 0 Å². The molecule has 2 nitrogen and oxygen atoms in total. The lowest BCUT2D eigenvalue weighted by atomic mass is 10.2. The summed E-state index contributed by atoms with van der Waals surface area (Å²) in [6.45, 7) is 0.546. The Morgan fingerprint density at radius 2 is 1.82 bits per heavy atom. The van der Waals surface area contributed by atoms with E-state index in [0.717, 1.165) is 11.3 Å². The Morgan fingerprint density at radius 3 is 2.47 bits per heavy atom. The number of hydrogen-bond donors (Lipinski definition) is 2. The Hall–Kier alpha value is -1.74. The second-order valence-electron chi connectivity index (χ2n) is 3.65. The first-order valence-electron chi connectivity index (χ1n) is 5.12. The number of hydrogen-bond acceptors (Lipinski definition) is 2. The number of nitrogens with one attached hydrogen (secondary N) is 1. The molecule has 17 heavy (non-hydrogen) atoms. The molecule has 0 fully saturated rings. The minimum Gasteiger partial charge on any atom is -0.508 e. The summed E-state index contributed by atoms with van der Waals surface area (Å²) in [5, 5.41) is 12.4. The molecule has 0 aliphatic carbocycles. The topological polar surface area (TPSA) is 32.3 Å². The van der Waals surface area contributed by atoms with Gasteiger partial charge in [0.25, 0.3) is 0 Å². The third kappa shape index (κ3) is 3.11. The number of benzene rings is 2. The molecule has 2 N–H and O–H groups in total. The van der Waals surface area contributed by atoms with Crippen molar-refractivity contribution in [3.8, 4) is 5.75 Å². The molecule has 0 bridgehead atoms. The summed E-state index contributed by atoms with van der Waals surface area (Å²) in [5.41, 5.74) is 1.77. The molecule has 0 saturated carbocycles. The van der Waals surface area contributed by atoms with Crippen LogP contribution in [0.4, 0.5) is 10.1 Å². The number of halogens is 2. The molecule has 0 aliphatic heterocycles. The molecule has 88 valence electrons. The highest BCUT2D eigenvalue weighted by atomic mass is 35.5. The Labute approximate surface area is 104 Å². The fourth-order valence-corrected chi connectivity index (χ4v) is 1.64. The summed E-state index contributed by atoms with van der Waals surface area (Å²) in [6, 6.07) is 11.3. The van der Waals surface area contributed by atoms with Crippen LogP contribution in [0.25, 0.3) is 0 Å². The van der Waals surface area contributed by atoms with E-state index >= 15 is 0 Å². The van der Waals surface area contributed by atoms with Crippen molar-refractivity contribution in [2.45, 2.75) is 6.54 Å². The molecule has 0 spiro atoms. The van der Waals surface area contributed by atoms with Crippen LogP contribution in [0.2, 0.25) is 5.02 Å². The number of aromatic hydroxyl groups is 1. The molecule has 2 aromatic rings. The van der Waals surface area contributed by atoms with Gasteiger partial charge in [-0.05, 0) is 42.0 Å². The van der Waals surface area contributed by atoms with Gasteiger partial charge in [-0.3, -0.25) is 0 Å². The monoisotopic (exact) mass is 251 g/mol. The molecule has 0 atom stereocenters. The first kappa shape index (κ1) is 11.7. The first-order chi connectivity index (χ1) is 8.15. The SMILES string of the molecule is Oc1ccc(NCc2ccc(F)c(Cl)c2)cc1. The second-order valence-corrected chi connectivity index (χ2v) is 4.06. The van der Waals surface area contributed by atoms with E-state index in [1.54, 1.807) is 36.4 Å². The summed E-state index contributed by atoms with van der Waals surface area (Å²) in [4.78, 5) is 0. The van der Waals surface area contributed by atoms with Crippen molar-refractivity contribution in [2.24, 2.45) is 0 Å². The molecule has 0 radical (unpaired) electrons. The number of rotatable bonds is 3. The van der Waals surface area contributed by atoms with Crippen LogP contribution in [-0.4, -0.2) is 5.11 Å². The quantitative estimate of drug-likeness (QED) is 0.814. The van der Waals surface area contributed by atoms with Crippen LogP contribution >= 0.6 is 11.6 Å². The molecule has 2 aromatic carbocycles. The van der Waals surface area contributed by atoms with E-state index in [9.17, 15) is 4.39 Å². The largest absolute Gasteiger partial charge is 0.508 e. The van der Waals surface area contributed by atoms with Gasteiger partial charge in [0, 0.05) is 12.2 Å². The van der Waals surface area contributed by atoms with Gasteiger partial charge in [-0.2, -0.15) is 0 Å². The van der Waals surface area contributed by atoms with Crippen LogP contribution in [0.1, 0.15) is 5.56 Å². The molecule has 0 aromatic heterocycles. The van der Waals surface area contributed by atoms with E-state index in [0.29, 0.717) is 6.54 Å². The van der Waals surface area contributed by atoms with Crippen LogP contribution in [0.15, 0.2) is 42.5 Å². The Morgan fingerprint density at radius 1 is 1.12 bits per heavy atom. The minimum absolute atomic E-state index is 0.120. The molecular formula is C13H11ClFNO. The molecule has 4 heteroatoms. The van der Waals surface area contributed by atoms with Gasteiger partial charge in [0.05, 0.1) is 5.02 Å². The summed E-state index contributed by atoms with van der Waals surface area (Å²) in [7, 11) is 0.